The Bertz CT molecular complexity index is 430. The molecule has 1 aliphatic heterocycles. The molecule has 1 heterocycles. The van der Waals surface area contributed by atoms with E-state index in [9.17, 15) is 4.79 Å². The first kappa shape index (κ1) is 13.1. The molecule has 0 aromatic heterocycles. The zero-order valence-electron chi connectivity index (χ0n) is 11.2. The van der Waals surface area contributed by atoms with Crippen molar-refractivity contribution >= 4 is 11.6 Å². The Hall–Kier alpha value is -1.35. The van der Waals surface area contributed by atoms with Crippen LogP contribution in [0.15, 0.2) is 24.3 Å². The van der Waals surface area contributed by atoms with Gasteiger partial charge in [0, 0.05) is 12.2 Å². The number of fused-ring (bicyclic) bond motifs is 1. The number of hydrogen-bond acceptors (Lipinski definition) is 2. The molecule has 0 fully saturated rings. The van der Waals surface area contributed by atoms with Crippen molar-refractivity contribution in [3.8, 4) is 0 Å². The van der Waals surface area contributed by atoms with Crippen molar-refractivity contribution < 1.29 is 4.79 Å². The van der Waals surface area contributed by atoms with Gasteiger partial charge in [-0.3, -0.25) is 4.79 Å². The fourth-order valence-corrected chi connectivity index (χ4v) is 2.64. The van der Waals surface area contributed by atoms with Crippen molar-refractivity contribution in [2.45, 2.75) is 39.2 Å². The van der Waals surface area contributed by atoms with Crippen LogP contribution in [0.25, 0.3) is 0 Å². The van der Waals surface area contributed by atoms with Gasteiger partial charge in [-0.2, -0.15) is 0 Å². The fraction of sp³-hybridized carbons (Fsp3) is 0.533. The predicted molar refractivity (Wildman–Crippen MR) is 74.5 cm³/mol. The third kappa shape index (κ3) is 2.56. The molecule has 98 valence electrons. The van der Waals surface area contributed by atoms with Crippen LogP contribution in [0.2, 0.25) is 0 Å². The van der Waals surface area contributed by atoms with Crippen molar-refractivity contribution in [3.05, 3.63) is 29.8 Å². The highest BCUT2D eigenvalue weighted by Crippen LogP contribution is 2.29. The van der Waals surface area contributed by atoms with Crippen molar-refractivity contribution in [1.82, 2.24) is 0 Å². The lowest BCUT2D eigenvalue weighted by Crippen LogP contribution is -2.47. The summed E-state index contributed by atoms with van der Waals surface area (Å²) in [7, 11) is 0. The average molecular weight is 246 g/mol. The standard InChI is InChI=1S/C15H22N2O/c1-3-6-13(16)15(18)17-10-11(2)9-12-7-4-5-8-14(12)17/h4-5,7-8,11,13H,3,6,9-10,16H2,1-2H3/t11?,13-/m0/s1. The Morgan fingerprint density at radius 2 is 2.22 bits per heavy atom. The van der Waals surface area contributed by atoms with Gasteiger partial charge >= 0.3 is 0 Å². The van der Waals surface area contributed by atoms with Gasteiger partial charge in [0.2, 0.25) is 5.91 Å². The molecule has 0 saturated carbocycles. The molecule has 1 aromatic rings. The topological polar surface area (TPSA) is 46.3 Å². The van der Waals surface area contributed by atoms with Gasteiger partial charge in [0.15, 0.2) is 0 Å². The van der Waals surface area contributed by atoms with Gasteiger partial charge in [-0.05, 0) is 30.4 Å². The fourth-order valence-electron chi connectivity index (χ4n) is 2.64. The Labute approximate surface area is 109 Å². The maximum atomic E-state index is 12.4. The molecule has 0 aliphatic carbocycles. The van der Waals surface area contributed by atoms with Crippen molar-refractivity contribution in [3.63, 3.8) is 0 Å². The van der Waals surface area contributed by atoms with Crippen molar-refractivity contribution in [2.75, 3.05) is 11.4 Å². The summed E-state index contributed by atoms with van der Waals surface area (Å²) in [5.74, 6) is 0.563. The highest BCUT2D eigenvalue weighted by Gasteiger charge is 2.28. The van der Waals surface area contributed by atoms with Crippen LogP contribution in [0.3, 0.4) is 0 Å². The number of hydrogen-bond donors (Lipinski definition) is 1. The molecule has 3 heteroatoms. The van der Waals surface area contributed by atoms with Crippen LogP contribution in [0.5, 0.6) is 0 Å². The zero-order valence-corrected chi connectivity index (χ0v) is 11.2. The summed E-state index contributed by atoms with van der Waals surface area (Å²) in [6.45, 7) is 5.02. The van der Waals surface area contributed by atoms with Crippen LogP contribution < -0.4 is 10.6 Å². The first-order valence-corrected chi connectivity index (χ1v) is 6.78. The molecule has 3 nitrogen and oxygen atoms in total. The minimum atomic E-state index is -0.367. The quantitative estimate of drug-likeness (QED) is 0.889. The Kier molecular flexibility index (Phi) is 4.02. The van der Waals surface area contributed by atoms with Crippen LogP contribution in [0, 0.1) is 5.92 Å². The zero-order chi connectivity index (χ0) is 13.1. The van der Waals surface area contributed by atoms with Crippen LogP contribution >= 0.6 is 0 Å². The van der Waals surface area contributed by atoms with Crippen molar-refractivity contribution in [2.24, 2.45) is 11.7 Å². The van der Waals surface area contributed by atoms with E-state index in [0.717, 1.165) is 31.5 Å². The molecule has 1 amide bonds. The number of benzene rings is 1. The third-order valence-electron chi connectivity index (χ3n) is 3.53. The monoisotopic (exact) mass is 246 g/mol. The van der Waals surface area contributed by atoms with E-state index in [1.54, 1.807) is 0 Å². The summed E-state index contributed by atoms with van der Waals surface area (Å²) >= 11 is 0. The second kappa shape index (κ2) is 5.53. The molecule has 2 N–H and O–H groups in total. The van der Waals surface area contributed by atoms with E-state index >= 15 is 0 Å². The summed E-state index contributed by atoms with van der Waals surface area (Å²) in [6.07, 6.45) is 2.74. The van der Waals surface area contributed by atoms with E-state index < -0.39 is 0 Å². The number of nitrogens with zero attached hydrogens (tertiary/aromatic N) is 1. The van der Waals surface area contributed by atoms with E-state index in [1.807, 2.05) is 23.1 Å². The molecule has 0 saturated heterocycles. The second-order valence-electron chi connectivity index (χ2n) is 5.28. The summed E-state index contributed by atoms with van der Waals surface area (Å²) in [4.78, 5) is 14.3. The Morgan fingerprint density at radius 1 is 1.50 bits per heavy atom. The second-order valence-corrected chi connectivity index (χ2v) is 5.28. The molecular formula is C15H22N2O. The van der Waals surface area contributed by atoms with E-state index in [2.05, 4.69) is 19.9 Å². The molecular weight excluding hydrogens is 224 g/mol. The minimum absolute atomic E-state index is 0.0656. The molecule has 2 atom stereocenters. The number of carbonyl (C=O) groups excluding carboxylic acids is 1. The first-order valence-electron chi connectivity index (χ1n) is 6.78. The molecule has 18 heavy (non-hydrogen) atoms. The molecule has 1 aliphatic rings. The van der Waals surface area contributed by atoms with E-state index in [0.29, 0.717) is 5.92 Å². The lowest BCUT2D eigenvalue weighted by atomic mass is 9.93. The molecule has 0 bridgehead atoms. The van der Waals surface area contributed by atoms with Crippen LogP contribution in [-0.2, 0) is 11.2 Å². The molecule has 0 radical (unpaired) electrons. The van der Waals surface area contributed by atoms with E-state index in [-0.39, 0.29) is 11.9 Å². The summed E-state index contributed by atoms with van der Waals surface area (Å²) < 4.78 is 0. The summed E-state index contributed by atoms with van der Waals surface area (Å²) in [5.41, 5.74) is 8.28. The molecule has 0 spiro atoms. The summed E-state index contributed by atoms with van der Waals surface area (Å²) in [5, 5.41) is 0. The lowest BCUT2D eigenvalue weighted by molar-refractivity contribution is -0.120. The predicted octanol–water partition coefficient (Wildman–Crippen LogP) is 2.34. The Balaban J connectivity index is 2.26. The number of amides is 1. The van der Waals surface area contributed by atoms with Crippen molar-refractivity contribution in [1.29, 1.82) is 0 Å². The number of carbonyl (C=O) groups is 1. The maximum Gasteiger partial charge on any atom is 0.243 e. The van der Waals surface area contributed by atoms with Crippen LogP contribution in [-0.4, -0.2) is 18.5 Å². The van der Waals surface area contributed by atoms with E-state index in [4.69, 9.17) is 5.73 Å². The van der Waals surface area contributed by atoms with Crippen LogP contribution in [0.4, 0.5) is 5.69 Å². The third-order valence-corrected chi connectivity index (χ3v) is 3.53. The van der Waals surface area contributed by atoms with Gasteiger partial charge in [-0.25, -0.2) is 0 Å². The number of para-hydroxylation sites is 1. The normalized spacial score (nSPS) is 20.4. The van der Waals surface area contributed by atoms with Gasteiger partial charge in [-0.1, -0.05) is 38.5 Å². The SMILES string of the molecule is CCC[C@H](N)C(=O)N1CC(C)Cc2ccccc21. The summed E-state index contributed by atoms with van der Waals surface area (Å²) in [6, 6.07) is 7.79. The number of rotatable bonds is 3. The Morgan fingerprint density at radius 3 is 2.94 bits per heavy atom. The molecule has 1 aromatic carbocycles. The van der Waals surface area contributed by atoms with Gasteiger partial charge in [0.25, 0.3) is 0 Å². The molecule has 1 unspecified atom stereocenters. The molecule has 2 rings (SSSR count). The number of anilines is 1. The minimum Gasteiger partial charge on any atom is -0.320 e. The average Bonchev–Trinajstić information content (AvgIpc) is 2.37. The van der Waals surface area contributed by atoms with Gasteiger partial charge < -0.3 is 10.6 Å². The van der Waals surface area contributed by atoms with Crippen LogP contribution in [0.1, 0.15) is 32.3 Å². The smallest absolute Gasteiger partial charge is 0.243 e. The highest BCUT2D eigenvalue weighted by molar-refractivity contribution is 5.98. The maximum absolute atomic E-state index is 12.4. The highest BCUT2D eigenvalue weighted by atomic mass is 16.2. The van der Waals surface area contributed by atoms with Gasteiger partial charge in [0.1, 0.15) is 0 Å². The van der Waals surface area contributed by atoms with Gasteiger partial charge in [0.05, 0.1) is 6.04 Å². The number of nitrogens with two attached hydrogens (primary N) is 1. The first-order chi connectivity index (χ1) is 8.63. The lowest BCUT2D eigenvalue weighted by Gasteiger charge is -2.34. The van der Waals surface area contributed by atoms with E-state index in [1.165, 1.54) is 5.56 Å². The largest absolute Gasteiger partial charge is 0.320 e. The van der Waals surface area contributed by atoms with Gasteiger partial charge in [-0.15, -0.1) is 0 Å².